The first-order valence-corrected chi connectivity index (χ1v) is 10.1. The monoisotopic (exact) mass is 477 g/mol. The van der Waals surface area contributed by atoms with Crippen molar-refractivity contribution >= 4 is 44.9 Å². The number of aliphatic hydroxyl groups excluding tert-OH is 1. The van der Waals surface area contributed by atoms with E-state index in [1.807, 2.05) is 0 Å². The van der Waals surface area contributed by atoms with Gasteiger partial charge in [0.2, 0.25) is 0 Å². The number of benzene rings is 3. The van der Waals surface area contributed by atoms with Gasteiger partial charge in [-0.2, -0.15) is 0 Å². The molecule has 2 N–H and O–H groups in total. The number of hydrogen-bond acceptors (Lipinski definition) is 4. The number of amides is 1. The van der Waals surface area contributed by atoms with Crippen LogP contribution in [0, 0.1) is 0 Å². The number of aromatic carboxylic acids is 1. The second kappa shape index (κ2) is 8.20. The Morgan fingerprint density at radius 1 is 0.871 bits per heavy atom. The Morgan fingerprint density at radius 3 is 2.19 bits per heavy atom. The molecule has 0 saturated heterocycles. The molecule has 0 bridgehead atoms. The number of halogens is 1. The number of hydrogen-bond donors (Lipinski definition) is 2. The Morgan fingerprint density at radius 2 is 1.55 bits per heavy atom. The molecule has 1 amide bonds. The zero-order chi connectivity index (χ0) is 22.1. The van der Waals surface area contributed by atoms with Gasteiger partial charge in [0.05, 0.1) is 5.56 Å². The molecule has 0 fully saturated rings. The van der Waals surface area contributed by atoms with E-state index < -0.39 is 29.5 Å². The molecule has 0 aromatic heterocycles. The number of nitrogens with zero attached hydrogens (tertiary/aromatic N) is 1. The van der Waals surface area contributed by atoms with E-state index in [9.17, 15) is 24.6 Å². The van der Waals surface area contributed by atoms with Gasteiger partial charge in [-0.05, 0) is 35.9 Å². The SMILES string of the molecule is O=C(O)c1cccc(N2C(=O)C(O)=C(c3ccccc3)C2C(=O)c2ccc(Br)cc2)c1. The smallest absolute Gasteiger partial charge is 0.335 e. The molecule has 4 rings (SSSR count). The molecule has 1 unspecified atom stereocenters. The van der Waals surface area contributed by atoms with Gasteiger partial charge in [-0.15, -0.1) is 0 Å². The molecule has 3 aromatic rings. The Balaban J connectivity index is 1.89. The van der Waals surface area contributed by atoms with E-state index in [1.165, 1.54) is 24.3 Å². The zero-order valence-electron chi connectivity index (χ0n) is 16.0. The lowest BCUT2D eigenvalue weighted by atomic mass is 9.92. The number of rotatable bonds is 5. The maximum Gasteiger partial charge on any atom is 0.335 e. The van der Waals surface area contributed by atoms with Gasteiger partial charge in [0.25, 0.3) is 5.91 Å². The van der Waals surface area contributed by atoms with Crippen LogP contribution < -0.4 is 4.90 Å². The fourth-order valence-electron chi connectivity index (χ4n) is 3.59. The number of aliphatic hydroxyl groups is 1. The predicted molar refractivity (Wildman–Crippen MR) is 119 cm³/mol. The first-order chi connectivity index (χ1) is 14.9. The third-order valence-corrected chi connectivity index (χ3v) is 5.57. The number of ketones is 1. The Labute approximate surface area is 186 Å². The highest BCUT2D eigenvalue weighted by Crippen LogP contribution is 2.38. The van der Waals surface area contributed by atoms with Gasteiger partial charge in [0.15, 0.2) is 11.5 Å². The third-order valence-electron chi connectivity index (χ3n) is 5.04. The van der Waals surface area contributed by atoms with Gasteiger partial charge >= 0.3 is 5.97 Å². The second-order valence-corrected chi connectivity index (χ2v) is 7.85. The van der Waals surface area contributed by atoms with E-state index in [1.54, 1.807) is 54.6 Å². The Hall–Kier alpha value is -3.71. The summed E-state index contributed by atoms with van der Waals surface area (Å²) < 4.78 is 0.791. The summed E-state index contributed by atoms with van der Waals surface area (Å²) in [4.78, 5) is 39.2. The van der Waals surface area contributed by atoms with Crippen LogP contribution in [0.3, 0.4) is 0 Å². The highest BCUT2D eigenvalue weighted by molar-refractivity contribution is 9.10. The van der Waals surface area contributed by atoms with E-state index in [0.717, 1.165) is 9.37 Å². The number of carbonyl (C=O) groups excluding carboxylic acids is 2. The molecule has 3 aromatic carbocycles. The summed E-state index contributed by atoms with van der Waals surface area (Å²) in [7, 11) is 0. The van der Waals surface area contributed by atoms with Crippen molar-refractivity contribution in [2.24, 2.45) is 0 Å². The molecule has 1 aliphatic heterocycles. The lowest BCUT2D eigenvalue weighted by molar-refractivity contribution is -0.116. The topological polar surface area (TPSA) is 94.9 Å². The van der Waals surface area contributed by atoms with Gasteiger partial charge in [0.1, 0.15) is 6.04 Å². The number of anilines is 1. The molecule has 0 saturated carbocycles. The fraction of sp³-hybridized carbons (Fsp3) is 0.0417. The number of carboxylic acid groups (broad SMARTS) is 1. The van der Waals surface area contributed by atoms with Crippen LogP contribution in [-0.2, 0) is 4.79 Å². The van der Waals surface area contributed by atoms with E-state index >= 15 is 0 Å². The maximum absolute atomic E-state index is 13.6. The standard InChI is InChI=1S/C24H16BrNO5/c25-17-11-9-15(10-12-17)21(27)20-19(14-5-2-1-3-6-14)22(28)23(29)26(20)18-8-4-7-16(13-18)24(30)31/h1-13,20,28H,(H,30,31). The molecule has 1 heterocycles. The van der Waals surface area contributed by atoms with Crippen LogP contribution in [0.5, 0.6) is 0 Å². The average Bonchev–Trinajstić information content (AvgIpc) is 3.05. The minimum Gasteiger partial charge on any atom is -0.503 e. The van der Waals surface area contributed by atoms with E-state index in [4.69, 9.17) is 0 Å². The average molecular weight is 478 g/mol. The van der Waals surface area contributed by atoms with Crippen LogP contribution in [0.4, 0.5) is 5.69 Å². The first-order valence-electron chi connectivity index (χ1n) is 9.33. The van der Waals surface area contributed by atoms with Crippen LogP contribution in [-0.4, -0.2) is 33.9 Å². The highest BCUT2D eigenvalue weighted by Gasteiger charge is 2.45. The number of carboxylic acids is 1. The molecule has 154 valence electrons. The minimum absolute atomic E-state index is 0.0345. The van der Waals surface area contributed by atoms with Crippen molar-refractivity contribution in [1.82, 2.24) is 0 Å². The first kappa shape index (κ1) is 20.6. The molecular weight excluding hydrogens is 462 g/mol. The normalized spacial score (nSPS) is 16.0. The van der Waals surface area contributed by atoms with Crippen LogP contribution in [0.1, 0.15) is 26.3 Å². The van der Waals surface area contributed by atoms with Crippen molar-refractivity contribution in [1.29, 1.82) is 0 Å². The molecule has 6 nitrogen and oxygen atoms in total. The summed E-state index contributed by atoms with van der Waals surface area (Å²) in [5.74, 6) is -2.87. The molecule has 31 heavy (non-hydrogen) atoms. The van der Waals surface area contributed by atoms with Gasteiger partial charge < -0.3 is 10.2 Å². The third kappa shape index (κ3) is 3.75. The molecule has 0 radical (unpaired) electrons. The van der Waals surface area contributed by atoms with Crippen LogP contribution in [0.2, 0.25) is 0 Å². The summed E-state index contributed by atoms with van der Waals surface area (Å²) in [6.07, 6.45) is 0. The lowest BCUT2D eigenvalue weighted by Gasteiger charge is -2.26. The largest absolute Gasteiger partial charge is 0.503 e. The van der Waals surface area contributed by atoms with Crippen molar-refractivity contribution < 1.29 is 24.6 Å². The zero-order valence-corrected chi connectivity index (χ0v) is 17.6. The molecule has 1 atom stereocenters. The molecule has 1 aliphatic rings. The summed E-state index contributed by atoms with van der Waals surface area (Å²) in [6.45, 7) is 0. The minimum atomic E-state index is -1.16. The van der Waals surface area contributed by atoms with Crippen LogP contribution in [0.25, 0.3) is 5.57 Å². The maximum atomic E-state index is 13.6. The fourth-order valence-corrected chi connectivity index (χ4v) is 3.86. The Bertz CT molecular complexity index is 1220. The summed E-state index contributed by atoms with van der Waals surface area (Å²) in [5.41, 5.74) is 1.23. The summed E-state index contributed by atoms with van der Waals surface area (Å²) in [5, 5.41) is 20.1. The lowest BCUT2D eigenvalue weighted by Crippen LogP contribution is -2.41. The highest BCUT2D eigenvalue weighted by atomic mass is 79.9. The predicted octanol–water partition coefficient (Wildman–Crippen LogP) is 4.71. The molecular formula is C24H16BrNO5. The molecule has 0 spiro atoms. The van der Waals surface area contributed by atoms with Gasteiger partial charge in [-0.1, -0.05) is 64.5 Å². The Kier molecular flexibility index (Phi) is 5.44. The summed E-state index contributed by atoms with van der Waals surface area (Å²) >= 11 is 3.34. The van der Waals surface area contributed by atoms with Gasteiger partial charge in [-0.3, -0.25) is 14.5 Å². The van der Waals surface area contributed by atoms with Crippen molar-refractivity contribution in [2.45, 2.75) is 6.04 Å². The van der Waals surface area contributed by atoms with E-state index in [-0.39, 0.29) is 16.8 Å². The number of Topliss-reactive ketones (excluding diaryl/α,β-unsaturated/α-hetero) is 1. The second-order valence-electron chi connectivity index (χ2n) is 6.93. The van der Waals surface area contributed by atoms with Gasteiger partial charge in [0, 0.05) is 21.3 Å². The van der Waals surface area contributed by atoms with E-state index in [2.05, 4.69) is 15.9 Å². The summed E-state index contributed by atoms with van der Waals surface area (Å²) in [6, 6.07) is 19.9. The van der Waals surface area contributed by atoms with Crippen LogP contribution >= 0.6 is 15.9 Å². The quantitative estimate of drug-likeness (QED) is 0.518. The van der Waals surface area contributed by atoms with Crippen LogP contribution in [0.15, 0.2) is 89.1 Å². The van der Waals surface area contributed by atoms with Gasteiger partial charge in [-0.25, -0.2) is 4.79 Å². The molecule has 7 heteroatoms. The van der Waals surface area contributed by atoms with Crippen molar-refractivity contribution in [2.75, 3.05) is 4.90 Å². The molecule has 0 aliphatic carbocycles. The van der Waals surface area contributed by atoms with Crippen molar-refractivity contribution in [3.63, 3.8) is 0 Å². The van der Waals surface area contributed by atoms with E-state index in [0.29, 0.717) is 11.1 Å². The van der Waals surface area contributed by atoms with Crippen molar-refractivity contribution in [3.05, 3.63) is 106 Å². The van der Waals surface area contributed by atoms with Crippen molar-refractivity contribution in [3.8, 4) is 0 Å². The number of carbonyl (C=O) groups is 3.